The van der Waals surface area contributed by atoms with Crippen LogP contribution in [0.25, 0.3) is 28.1 Å². The van der Waals surface area contributed by atoms with E-state index in [0.717, 1.165) is 46.1 Å². The van der Waals surface area contributed by atoms with Crippen molar-refractivity contribution in [3.05, 3.63) is 47.6 Å². The van der Waals surface area contributed by atoms with Gasteiger partial charge in [-0.05, 0) is 48.4 Å². The van der Waals surface area contributed by atoms with Gasteiger partial charge in [-0.2, -0.15) is 4.68 Å². The monoisotopic (exact) mass is 378 g/mol. The normalized spacial score (nSPS) is 19.5. The van der Waals surface area contributed by atoms with Crippen molar-refractivity contribution < 1.29 is 0 Å². The van der Waals surface area contributed by atoms with Crippen LogP contribution in [-0.4, -0.2) is 39.0 Å². The highest BCUT2D eigenvalue weighted by Gasteiger charge is 2.33. The molecule has 0 aliphatic heterocycles. The Hall–Kier alpha value is -3.00. The SMILES string of the molecule is CC1CC1Cc1cn(-c2nnc3c4ccccc4n4c(Cl)ncc4n23)nn1. The number of para-hydroxylation sites is 1. The first-order valence-electron chi connectivity index (χ1n) is 8.91. The van der Waals surface area contributed by atoms with Gasteiger partial charge in [0.15, 0.2) is 5.65 Å². The van der Waals surface area contributed by atoms with Gasteiger partial charge in [0.2, 0.25) is 5.28 Å². The van der Waals surface area contributed by atoms with Crippen molar-refractivity contribution in [3.63, 3.8) is 0 Å². The Morgan fingerprint density at radius 2 is 2.00 bits per heavy atom. The number of halogens is 1. The average molecular weight is 379 g/mol. The second-order valence-electron chi connectivity index (χ2n) is 7.23. The van der Waals surface area contributed by atoms with Gasteiger partial charge in [0.1, 0.15) is 5.65 Å². The minimum Gasteiger partial charge on any atom is -0.268 e. The maximum Gasteiger partial charge on any atom is 0.259 e. The highest BCUT2D eigenvalue weighted by molar-refractivity contribution is 6.29. The van der Waals surface area contributed by atoms with Crippen molar-refractivity contribution in [2.45, 2.75) is 19.8 Å². The van der Waals surface area contributed by atoms with E-state index in [9.17, 15) is 0 Å². The number of hydrogen-bond acceptors (Lipinski definition) is 5. The molecule has 8 nitrogen and oxygen atoms in total. The van der Waals surface area contributed by atoms with Crippen LogP contribution in [0.2, 0.25) is 5.28 Å². The summed E-state index contributed by atoms with van der Waals surface area (Å²) in [5.41, 5.74) is 3.42. The van der Waals surface area contributed by atoms with Crippen LogP contribution >= 0.6 is 11.6 Å². The average Bonchev–Trinajstić information content (AvgIpc) is 3.08. The Bertz CT molecular complexity index is 1330. The zero-order valence-corrected chi connectivity index (χ0v) is 15.2. The number of hydrogen-bond donors (Lipinski definition) is 0. The summed E-state index contributed by atoms with van der Waals surface area (Å²) in [5, 5.41) is 18.8. The van der Waals surface area contributed by atoms with E-state index in [0.29, 0.717) is 11.2 Å². The smallest absolute Gasteiger partial charge is 0.259 e. The van der Waals surface area contributed by atoms with Gasteiger partial charge >= 0.3 is 0 Å². The van der Waals surface area contributed by atoms with Gasteiger partial charge in [0.25, 0.3) is 5.95 Å². The second kappa shape index (κ2) is 5.26. The van der Waals surface area contributed by atoms with Crippen LogP contribution in [0.4, 0.5) is 0 Å². The van der Waals surface area contributed by atoms with Crippen molar-refractivity contribution >= 4 is 33.8 Å². The molecular weight excluding hydrogens is 364 g/mol. The number of aromatic nitrogens is 8. The number of fused-ring (bicyclic) bond motifs is 6. The molecule has 2 unspecified atom stereocenters. The lowest BCUT2D eigenvalue weighted by Gasteiger charge is -2.07. The van der Waals surface area contributed by atoms with Crippen LogP contribution in [0.3, 0.4) is 0 Å². The number of nitrogens with zero attached hydrogens (tertiary/aromatic N) is 8. The summed E-state index contributed by atoms with van der Waals surface area (Å²) in [5.74, 6) is 2.07. The predicted molar refractivity (Wildman–Crippen MR) is 100 cm³/mol. The van der Waals surface area contributed by atoms with E-state index in [4.69, 9.17) is 11.6 Å². The molecule has 0 radical (unpaired) electrons. The maximum absolute atomic E-state index is 6.36. The van der Waals surface area contributed by atoms with Gasteiger partial charge in [0.05, 0.1) is 23.6 Å². The molecule has 0 bridgehead atoms. The van der Waals surface area contributed by atoms with E-state index in [-0.39, 0.29) is 0 Å². The fourth-order valence-corrected chi connectivity index (χ4v) is 4.04. The van der Waals surface area contributed by atoms with Crippen molar-refractivity contribution in [3.8, 4) is 5.95 Å². The van der Waals surface area contributed by atoms with Crippen molar-refractivity contribution in [1.29, 1.82) is 0 Å². The Kier molecular flexibility index (Phi) is 2.94. The van der Waals surface area contributed by atoms with E-state index in [2.05, 4.69) is 32.4 Å². The Balaban J connectivity index is 1.60. The second-order valence-corrected chi connectivity index (χ2v) is 7.57. The minimum absolute atomic E-state index is 0.393. The summed E-state index contributed by atoms with van der Waals surface area (Å²) < 4.78 is 5.48. The van der Waals surface area contributed by atoms with Crippen LogP contribution < -0.4 is 0 Å². The van der Waals surface area contributed by atoms with Gasteiger partial charge in [-0.25, -0.2) is 9.38 Å². The van der Waals surface area contributed by atoms with Crippen LogP contribution in [0.1, 0.15) is 19.0 Å². The molecule has 1 aromatic carbocycles. The lowest BCUT2D eigenvalue weighted by atomic mass is 10.2. The molecule has 9 heteroatoms. The minimum atomic E-state index is 0.393. The molecule has 1 saturated carbocycles. The molecule has 4 heterocycles. The summed E-state index contributed by atoms with van der Waals surface area (Å²) in [6, 6.07) is 7.93. The summed E-state index contributed by atoms with van der Waals surface area (Å²) in [4.78, 5) is 4.28. The highest BCUT2D eigenvalue weighted by atomic mass is 35.5. The van der Waals surface area contributed by atoms with Crippen molar-refractivity contribution in [2.75, 3.05) is 0 Å². The molecule has 0 amide bonds. The lowest BCUT2D eigenvalue weighted by Crippen LogP contribution is -2.05. The standard InChI is InChI=1S/C18H15ClN8/c1-10-6-11(10)7-12-9-25(24-21-12)18-23-22-16-13-4-2-3-5-14(13)26-15(27(16)18)8-20-17(26)19/h2-5,8-11H,6-7H2,1H3. The van der Waals surface area contributed by atoms with Gasteiger partial charge in [-0.1, -0.05) is 24.3 Å². The topological polar surface area (TPSA) is 78.2 Å². The maximum atomic E-state index is 6.36. The highest BCUT2D eigenvalue weighted by Crippen LogP contribution is 2.40. The quantitative estimate of drug-likeness (QED) is 0.482. The molecule has 0 spiro atoms. The Labute approximate surface area is 158 Å². The fourth-order valence-electron chi connectivity index (χ4n) is 3.81. The van der Waals surface area contributed by atoms with Crippen LogP contribution in [0, 0.1) is 11.8 Å². The Morgan fingerprint density at radius 1 is 1.15 bits per heavy atom. The third-order valence-electron chi connectivity index (χ3n) is 5.45. The third kappa shape index (κ3) is 2.13. The molecule has 5 aromatic rings. The van der Waals surface area contributed by atoms with Gasteiger partial charge in [0, 0.05) is 5.39 Å². The third-order valence-corrected chi connectivity index (χ3v) is 5.72. The summed E-state index contributed by atoms with van der Waals surface area (Å²) in [6.45, 7) is 2.27. The van der Waals surface area contributed by atoms with Crippen LogP contribution in [0.15, 0.2) is 36.7 Å². The molecule has 1 fully saturated rings. The van der Waals surface area contributed by atoms with Gasteiger partial charge < -0.3 is 0 Å². The van der Waals surface area contributed by atoms with Gasteiger partial charge in [-0.15, -0.1) is 15.3 Å². The van der Waals surface area contributed by atoms with E-state index >= 15 is 0 Å². The summed E-state index contributed by atoms with van der Waals surface area (Å²) in [7, 11) is 0. The zero-order valence-electron chi connectivity index (χ0n) is 14.5. The molecule has 134 valence electrons. The van der Waals surface area contributed by atoms with E-state index < -0.39 is 0 Å². The van der Waals surface area contributed by atoms with E-state index in [1.807, 2.05) is 39.3 Å². The lowest BCUT2D eigenvalue weighted by molar-refractivity contribution is 0.719. The fraction of sp³-hybridized carbons (Fsp3) is 0.278. The van der Waals surface area contributed by atoms with E-state index in [1.165, 1.54) is 6.42 Å². The van der Waals surface area contributed by atoms with Crippen LogP contribution in [0.5, 0.6) is 0 Å². The Morgan fingerprint density at radius 3 is 2.85 bits per heavy atom. The first-order valence-corrected chi connectivity index (χ1v) is 9.29. The van der Waals surface area contributed by atoms with Gasteiger partial charge in [-0.3, -0.25) is 4.40 Å². The molecule has 27 heavy (non-hydrogen) atoms. The molecular formula is C18H15ClN8. The van der Waals surface area contributed by atoms with Crippen molar-refractivity contribution in [1.82, 2.24) is 39.0 Å². The molecule has 6 rings (SSSR count). The zero-order chi connectivity index (χ0) is 18.1. The molecule has 1 aliphatic carbocycles. The number of benzene rings is 1. The molecule has 2 atom stereocenters. The summed E-state index contributed by atoms with van der Waals surface area (Å²) >= 11 is 6.36. The summed E-state index contributed by atoms with van der Waals surface area (Å²) in [6.07, 6.45) is 5.87. The van der Waals surface area contributed by atoms with Crippen molar-refractivity contribution in [2.24, 2.45) is 11.8 Å². The predicted octanol–water partition coefficient (Wildman–Crippen LogP) is 2.96. The first-order chi connectivity index (χ1) is 13.2. The number of rotatable bonds is 3. The number of imidazole rings is 1. The van der Waals surface area contributed by atoms with E-state index in [1.54, 1.807) is 10.9 Å². The first kappa shape index (κ1) is 15.1. The molecule has 1 aliphatic rings. The molecule has 0 N–H and O–H groups in total. The molecule has 4 aromatic heterocycles. The molecule has 0 saturated heterocycles. The van der Waals surface area contributed by atoms with Crippen LogP contribution in [-0.2, 0) is 6.42 Å². The largest absolute Gasteiger partial charge is 0.268 e.